The number of aromatic amines is 1. The predicted octanol–water partition coefficient (Wildman–Crippen LogP) is 5.33. The first-order valence-corrected chi connectivity index (χ1v) is 7.80. The molecule has 102 valence electrons. The quantitative estimate of drug-likeness (QED) is 0.379. The number of imidazole rings is 1. The molecule has 1 heterocycles. The molecule has 0 radical (unpaired) electrons. The van der Waals surface area contributed by atoms with Crippen LogP contribution in [0.15, 0.2) is 34.8 Å². The number of fused-ring (bicyclic) bond motifs is 1. The minimum Gasteiger partial charge on any atom is -0.330 e. The van der Waals surface area contributed by atoms with Crippen LogP contribution < -0.4 is 0 Å². The van der Waals surface area contributed by atoms with E-state index in [0.29, 0.717) is 29.5 Å². The van der Waals surface area contributed by atoms with E-state index in [0.717, 1.165) is 0 Å². The predicted molar refractivity (Wildman–Crippen MR) is 88.8 cm³/mol. The van der Waals surface area contributed by atoms with Crippen molar-refractivity contribution in [2.45, 2.75) is 0 Å². The molecule has 3 rings (SSSR count). The first-order valence-electron chi connectivity index (χ1n) is 5.52. The maximum atomic E-state index is 13.7. The van der Waals surface area contributed by atoms with Crippen molar-refractivity contribution in [3.05, 3.63) is 54.8 Å². The highest BCUT2D eigenvalue weighted by Gasteiger charge is 2.11. The van der Waals surface area contributed by atoms with Crippen molar-refractivity contribution in [3.8, 4) is 5.69 Å². The van der Waals surface area contributed by atoms with Crippen molar-refractivity contribution in [2.24, 2.45) is 0 Å². The van der Waals surface area contributed by atoms with Crippen LogP contribution in [0.1, 0.15) is 0 Å². The second-order valence-corrected chi connectivity index (χ2v) is 6.55. The topological polar surface area (TPSA) is 20.7 Å². The zero-order valence-corrected chi connectivity index (χ0v) is 14.3. The molecular formula is C13H6BrF2IN2S. The Balaban J connectivity index is 2.35. The molecule has 0 atom stereocenters. The van der Waals surface area contributed by atoms with Gasteiger partial charge in [0, 0.05) is 6.07 Å². The van der Waals surface area contributed by atoms with Crippen LogP contribution in [0.25, 0.3) is 16.7 Å². The molecule has 3 aromatic rings. The summed E-state index contributed by atoms with van der Waals surface area (Å²) in [4.78, 5) is 3.00. The zero-order valence-electron chi connectivity index (χ0n) is 9.75. The molecule has 0 amide bonds. The third kappa shape index (κ3) is 2.31. The number of nitrogens with one attached hydrogen (secondary N) is 1. The van der Waals surface area contributed by atoms with Crippen molar-refractivity contribution in [3.63, 3.8) is 0 Å². The highest BCUT2D eigenvalue weighted by atomic mass is 127. The number of halogens is 4. The number of aromatic nitrogens is 2. The molecule has 7 heteroatoms. The Bertz CT molecular complexity index is 888. The van der Waals surface area contributed by atoms with Gasteiger partial charge in [0.25, 0.3) is 0 Å². The van der Waals surface area contributed by atoms with Gasteiger partial charge in [0.15, 0.2) is 4.77 Å². The van der Waals surface area contributed by atoms with E-state index in [1.165, 1.54) is 12.1 Å². The van der Waals surface area contributed by atoms with Gasteiger partial charge >= 0.3 is 0 Å². The van der Waals surface area contributed by atoms with Gasteiger partial charge in [-0.05, 0) is 75.0 Å². The summed E-state index contributed by atoms with van der Waals surface area (Å²) in [5, 5.41) is 0. The van der Waals surface area contributed by atoms with Crippen molar-refractivity contribution in [1.82, 2.24) is 9.55 Å². The molecule has 0 aliphatic carbocycles. The molecule has 0 saturated carbocycles. The summed E-state index contributed by atoms with van der Waals surface area (Å²) in [5.41, 5.74) is 1.83. The normalized spacial score (nSPS) is 11.2. The van der Waals surface area contributed by atoms with Crippen molar-refractivity contribution < 1.29 is 8.78 Å². The number of H-pyrrole nitrogens is 1. The zero-order chi connectivity index (χ0) is 14.4. The largest absolute Gasteiger partial charge is 0.330 e. The Morgan fingerprint density at radius 3 is 2.60 bits per heavy atom. The van der Waals surface area contributed by atoms with Crippen molar-refractivity contribution in [2.75, 3.05) is 0 Å². The minimum atomic E-state index is -0.398. The fraction of sp³-hybridized carbons (Fsp3) is 0. The van der Waals surface area contributed by atoms with E-state index in [9.17, 15) is 8.78 Å². The Morgan fingerprint density at radius 2 is 1.90 bits per heavy atom. The highest BCUT2D eigenvalue weighted by molar-refractivity contribution is 14.1. The standard InChI is InChI=1S/C13H6BrF2IN2S/c14-7-2-1-6(3-8(7)15)19-12-4-9(16)10(17)5-11(12)18-13(19)20/h1-5H,(H,18,20). The summed E-state index contributed by atoms with van der Waals surface area (Å²) in [7, 11) is 0. The lowest BCUT2D eigenvalue weighted by atomic mass is 10.2. The van der Waals surface area contributed by atoms with Gasteiger partial charge in [-0.15, -0.1) is 0 Å². The molecular weight excluding hydrogens is 461 g/mol. The van der Waals surface area contributed by atoms with E-state index in [1.807, 2.05) is 22.6 Å². The lowest BCUT2D eigenvalue weighted by molar-refractivity contribution is 0.619. The van der Waals surface area contributed by atoms with E-state index < -0.39 is 5.82 Å². The van der Waals surface area contributed by atoms with Gasteiger partial charge in [0.1, 0.15) is 11.6 Å². The molecule has 1 N–H and O–H groups in total. The molecule has 1 aromatic heterocycles. The number of hydrogen-bond acceptors (Lipinski definition) is 1. The fourth-order valence-corrected chi connectivity index (χ4v) is 3.01. The third-order valence-corrected chi connectivity index (χ3v) is 4.64. The van der Waals surface area contributed by atoms with E-state index in [1.54, 1.807) is 22.8 Å². The summed E-state index contributed by atoms with van der Waals surface area (Å²) in [6, 6.07) is 7.72. The average Bonchev–Trinajstić information content (AvgIpc) is 2.69. The van der Waals surface area contributed by atoms with E-state index in [4.69, 9.17) is 12.2 Å². The van der Waals surface area contributed by atoms with Crippen LogP contribution in [-0.4, -0.2) is 9.55 Å². The second kappa shape index (κ2) is 5.19. The second-order valence-electron chi connectivity index (χ2n) is 4.15. The number of benzene rings is 2. The van der Waals surface area contributed by atoms with Crippen LogP contribution in [-0.2, 0) is 0 Å². The van der Waals surface area contributed by atoms with Gasteiger partial charge in [-0.25, -0.2) is 8.78 Å². The Hall–Kier alpha value is -0.800. The molecule has 0 spiro atoms. The summed E-state index contributed by atoms with van der Waals surface area (Å²) in [6.07, 6.45) is 0. The minimum absolute atomic E-state index is 0.335. The van der Waals surface area contributed by atoms with Crippen LogP contribution in [0, 0.1) is 20.0 Å². The summed E-state index contributed by atoms with van der Waals surface area (Å²) < 4.78 is 30.3. The lowest BCUT2D eigenvalue weighted by Crippen LogP contribution is -1.96. The Kier molecular flexibility index (Phi) is 3.67. The number of hydrogen-bond donors (Lipinski definition) is 1. The molecule has 0 aliphatic rings. The fourth-order valence-electron chi connectivity index (χ4n) is 1.98. The molecule has 2 aromatic carbocycles. The number of nitrogens with zero attached hydrogens (tertiary/aromatic N) is 1. The van der Waals surface area contributed by atoms with Crippen LogP contribution in [0.2, 0.25) is 0 Å². The van der Waals surface area contributed by atoms with Crippen LogP contribution in [0.4, 0.5) is 8.78 Å². The molecule has 2 nitrogen and oxygen atoms in total. The molecule has 0 bridgehead atoms. The SMILES string of the molecule is Fc1cc(-n2c(=S)[nH]c3cc(I)c(F)cc32)ccc1Br. The average molecular weight is 467 g/mol. The van der Waals surface area contributed by atoms with Gasteiger partial charge in [-0.3, -0.25) is 4.57 Å². The van der Waals surface area contributed by atoms with Crippen molar-refractivity contribution >= 4 is 61.8 Å². The van der Waals surface area contributed by atoms with Gasteiger partial charge in [-0.1, -0.05) is 0 Å². The van der Waals surface area contributed by atoms with Crippen LogP contribution >= 0.6 is 50.7 Å². The lowest BCUT2D eigenvalue weighted by Gasteiger charge is -2.06. The highest BCUT2D eigenvalue weighted by Crippen LogP contribution is 2.25. The molecule has 0 fully saturated rings. The maximum Gasteiger partial charge on any atom is 0.182 e. The van der Waals surface area contributed by atoms with Gasteiger partial charge < -0.3 is 4.98 Å². The summed E-state index contributed by atoms with van der Waals surface area (Å²) in [6.45, 7) is 0. The third-order valence-electron chi connectivity index (χ3n) is 2.89. The van der Waals surface area contributed by atoms with Gasteiger partial charge in [-0.2, -0.15) is 0 Å². The van der Waals surface area contributed by atoms with Gasteiger partial charge in [0.05, 0.1) is 24.8 Å². The first kappa shape index (κ1) is 14.2. The summed E-state index contributed by atoms with van der Waals surface area (Å²) in [5.74, 6) is -0.733. The van der Waals surface area contributed by atoms with Crippen LogP contribution in [0.5, 0.6) is 0 Å². The first-order chi connectivity index (χ1) is 9.47. The molecule has 0 saturated heterocycles. The molecule has 0 unspecified atom stereocenters. The van der Waals surface area contributed by atoms with E-state index in [-0.39, 0.29) is 5.82 Å². The van der Waals surface area contributed by atoms with Crippen molar-refractivity contribution in [1.29, 1.82) is 0 Å². The molecule has 0 aliphatic heterocycles. The number of rotatable bonds is 1. The smallest absolute Gasteiger partial charge is 0.182 e. The Labute approximate surface area is 140 Å². The monoisotopic (exact) mass is 466 g/mol. The van der Waals surface area contributed by atoms with Crippen LogP contribution in [0.3, 0.4) is 0 Å². The summed E-state index contributed by atoms with van der Waals surface area (Å²) >= 11 is 10.3. The Morgan fingerprint density at radius 1 is 1.15 bits per heavy atom. The maximum absolute atomic E-state index is 13.7. The van der Waals surface area contributed by atoms with E-state index >= 15 is 0 Å². The van der Waals surface area contributed by atoms with E-state index in [2.05, 4.69) is 20.9 Å². The molecule has 20 heavy (non-hydrogen) atoms. The van der Waals surface area contributed by atoms with Gasteiger partial charge in [0.2, 0.25) is 0 Å².